The minimum atomic E-state index is -0.829. The monoisotopic (exact) mass is 484 g/mol. The average Bonchev–Trinajstić information content (AvgIpc) is 2.85. The lowest BCUT2D eigenvalue weighted by Gasteiger charge is -2.30. The highest BCUT2D eigenvalue weighted by molar-refractivity contribution is 5.54. The fourth-order valence-corrected chi connectivity index (χ4v) is 4.49. The Balaban J connectivity index is 1.68. The summed E-state index contributed by atoms with van der Waals surface area (Å²) in [6.45, 7) is 9.35. The van der Waals surface area contributed by atoms with Crippen molar-refractivity contribution < 1.29 is 13.9 Å². The van der Waals surface area contributed by atoms with Crippen molar-refractivity contribution in [3.05, 3.63) is 106 Å². The van der Waals surface area contributed by atoms with E-state index in [0.29, 0.717) is 22.9 Å². The molecule has 4 rings (SSSR count). The molecule has 0 aliphatic carbocycles. The van der Waals surface area contributed by atoms with Gasteiger partial charge in [-0.2, -0.15) is 0 Å². The topological polar surface area (TPSA) is 70.5 Å². The zero-order valence-corrected chi connectivity index (χ0v) is 21.5. The number of hydrogen-bond acceptors (Lipinski definition) is 4. The smallest absolute Gasteiger partial charge is 0.133 e. The molecule has 0 aliphatic rings. The molecule has 0 unspecified atom stereocenters. The van der Waals surface area contributed by atoms with E-state index in [9.17, 15) is 4.39 Å². The van der Waals surface area contributed by atoms with Crippen LogP contribution in [-0.2, 0) is 5.41 Å². The highest BCUT2D eigenvalue weighted by Gasteiger charge is 2.31. The maximum atomic E-state index is 14.8. The number of aryl methyl sites for hydroxylation is 4. The molecule has 0 amide bonds. The van der Waals surface area contributed by atoms with Gasteiger partial charge < -0.3 is 20.9 Å². The third kappa shape index (κ3) is 5.01. The van der Waals surface area contributed by atoms with Gasteiger partial charge in [0.05, 0.1) is 0 Å². The number of ether oxygens (including phenoxy) is 2. The summed E-state index contributed by atoms with van der Waals surface area (Å²) in [6, 6.07) is 22.7. The zero-order chi connectivity index (χ0) is 26.0. The molecule has 5 heteroatoms. The van der Waals surface area contributed by atoms with Gasteiger partial charge in [-0.3, -0.25) is 0 Å². The Kier molecular flexibility index (Phi) is 6.93. The van der Waals surface area contributed by atoms with E-state index in [1.54, 1.807) is 24.3 Å². The molecule has 0 heterocycles. The van der Waals surface area contributed by atoms with Crippen LogP contribution in [0.4, 0.5) is 15.8 Å². The van der Waals surface area contributed by atoms with Crippen molar-refractivity contribution in [3.63, 3.8) is 0 Å². The number of nitrogen functional groups attached to an aromatic ring is 2. The number of anilines is 2. The molecule has 4 nitrogen and oxygen atoms in total. The molecule has 0 saturated heterocycles. The maximum absolute atomic E-state index is 14.8. The van der Waals surface area contributed by atoms with Crippen LogP contribution in [0.3, 0.4) is 0 Å². The van der Waals surface area contributed by atoms with Crippen molar-refractivity contribution in [2.45, 2.75) is 40.0 Å². The van der Waals surface area contributed by atoms with E-state index in [1.807, 2.05) is 83.1 Å². The van der Waals surface area contributed by atoms with Crippen molar-refractivity contribution in [1.29, 1.82) is 0 Å². The first-order valence-corrected chi connectivity index (χ1v) is 12.0. The first-order valence-electron chi connectivity index (χ1n) is 12.0. The molecule has 0 fully saturated rings. The zero-order valence-electron chi connectivity index (χ0n) is 21.5. The molecule has 36 heavy (non-hydrogen) atoms. The van der Waals surface area contributed by atoms with Gasteiger partial charge in [0.2, 0.25) is 0 Å². The van der Waals surface area contributed by atoms with E-state index in [0.717, 1.165) is 44.9 Å². The highest BCUT2D eigenvalue weighted by atomic mass is 19.1. The van der Waals surface area contributed by atoms with Crippen molar-refractivity contribution >= 4 is 11.4 Å². The summed E-state index contributed by atoms with van der Waals surface area (Å²) in [7, 11) is 0. The van der Waals surface area contributed by atoms with Crippen molar-refractivity contribution in [2.24, 2.45) is 0 Å². The molecule has 0 radical (unpaired) electrons. The van der Waals surface area contributed by atoms with Crippen LogP contribution in [0, 0.1) is 27.7 Å². The lowest BCUT2D eigenvalue weighted by Crippen LogP contribution is -2.27. The Morgan fingerprint density at radius 3 is 1.19 bits per heavy atom. The normalized spacial score (nSPS) is 11.4. The molecule has 0 aromatic heterocycles. The van der Waals surface area contributed by atoms with E-state index in [1.165, 1.54) is 0 Å². The van der Waals surface area contributed by atoms with Crippen LogP contribution >= 0.6 is 0 Å². The first-order chi connectivity index (χ1) is 17.1. The van der Waals surface area contributed by atoms with Gasteiger partial charge >= 0.3 is 0 Å². The summed E-state index contributed by atoms with van der Waals surface area (Å²) in [4.78, 5) is 0. The Labute approximate surface area is 212 Å². The first kappa shape index (κ1) is 25.1. The van der Waals surface area contributed by atoms with Crippen LogP contribution in [-0.4, -0.2) is 6.67 Å². The quantitative estimate of drug-likeness (QED) is 0.261. The molecule has 0 atom stereocenters. The largest absolute Gasteiger partial charge is 0.457 e. The Hall–Kier alpha value is -3.99. The van der Waals surface area contributed by atoms with Gasteiger partial charge in [-0.15, -0.1) is 0 Å². The number of nitrogens with two attached hydrogens (primary N) is 2. The number of halogens is 1. The van der Waals surface area contributed by atoms with Gasteiger partial charge in [-0.25, -0.2) is 4.39 Å². The molecule has 4 aromatic rings. The summed E-state index contributed by atoms with van der Waals surface area (Å²) in [5.74, 6) is 2.95. The number of benzene rings is 4. The second-order valence-corrected chi connectivity index (χ2v) is 9.69. The summed E-state index contributed by atoms with van der Waals surface area (Å²) in [5, 5.41) is 0. The molecular weight excluding hydrogens is 451 g/mol. The fraction of sp³-hybridized carbons (Fsp3) is 0.226. The van der Waals surface area contributed by atoms with Gasteiger partial charge in [0.15, 0.2) is 0 Å². The van der Waals surface area contributed by atoms with E-state index in [-0.39, 0.29) is 0 Å². The molecule has 0 bridgehead atoms. The minimum absolute atomic E-state index is 0.541. The lowest BCUT2D eigenvalue weighted by molar-refractivity contribution is 0.371. The van der Waals surface area contributed by atoms with Crippen LogP contribution in [0.1, 0.15) is 40.3 Å². The molecule has 4 aromatic carbocycles. The highest BCUT2D eigenvalue weighted by Crippen LogP contribution is 2.41. The van der Waals surface area contributed by atoms with Crippen molar-refractivity contribution in [2.75, 3.05) is 18.1 Å². The van der Waals surface area contributed by atoms with Gasteiger partial charge in [-0.1, -0.05) is 24.3 Å². The van der Waals surface area contributed by atoms with Crippen LogP contribution in [0.2, 0.25) is 0 Å². The Bertz CT molecular complexity index is 1230. The Morgan fingerprint density at radius 2 is 0.917 bits per heavy atom. The Morgan fingerprint density at radius 1 is 0.611 bits per heavy atom. The minimum Gasteiger partial charge on any atom is -0.457 e. The predicted molar refractivity (Wildman–Crippen MR) is 146 cm³/mol. The second-order valence-electron chi connectivity index (χ2n) is 9.69. The van der Waals surface area contributed by atoms with E-state index in [4.69, 9.17) is 20.9 Å². The van der Waals surface area contributed by atoms with E-state index in [2.05, 4.69) is 0 Å². The molecular formula is C31H33FN2O2. The standard InChI is InChI=1S/C31H33FN2O2/c1-19-14-23(15-20(2)29(19)35-27-10-6-25(33)7-11-27)31(5,18-32)24-16-21(3)30(22(4)17-24)36-28-12-8-26(34)9-13-28/h6-17H,18,33-34H2,1-5H3. The fourth-order valence-electron chi connectivity index (χ4n) is 4.49. The molecule has 4 N–H and O–H groups in total. The third-order valence-corrected chi connectivity index (χ3v) is 6.66. The number of hydrogen-bond donors (Lipinski definition) is 2. The predicted octanol–water partition coefficient (Wildman–Crippen LogP) is 7.94. The molecule has 186 valence electrons. The number of alkyl halides is 1. The lowest BCUT2D eigenvalue weighted by atomic mass is 9.75. The molecule has 0 saturated carbocycles. The van der Waals surface area contributed by atoms with Crippen LogP contribution in [0.5, 0.6) is 23.0 Å². The van der Waals surface area contributed by atoms with E-state index >= 15 is 0 Å². The van der Waals surface area contributed by atoms with Crippen LogP contribution in [0.25, 0.3) is 0 Å². The summed E-state index contributed by atoms with van der Waals surface area (Å²) < 4.78 is 27.1. The second kappa shape index (κ2) is 9.94. The van der Waals surface area contributed by atoms with Crippen molar-refractivity contribution in [3.8, 4) is 23.0 Å². The van der Waals surface area contributed by atoms with Gasteiger partial charge in [0, 0.05) is 16.8 Å². The summed E-state index contributed by atoms with van der Waals surface area (Å²) >= 11 is 0. The molecule has 0 aliphatic heterocycles. The van der Waals surface area contributed by atoms with Gasteiger partial charge in [0.25, 0.3) is 0 Å². The van der Waals surface area contributed by atoms with Gasteiger partial charge in [-0.05, 0) is 117 Å². The van der Waals surface area contributed by atoms with E-state index < -0.39 is 12.1 Å². The third-order valence-electron chi connectivity index (χ3n) is 6.66. The molecule has 0 spiro atoms. The van der Waals surface area contributed by atoms with Crippen molar-refractivity contribution in [1.82, 2.24) is 0 Å². The average molecular weight is 485 g/mol. The summed E-state index contributed by atoms with van der Waals surface area (Å²) in [5.41, 5.74) is 17.7. The SMILES string of the molecule is Cc1cc(C(C)(CF)c2cc(C)c(Oc3ccc(N)cc3)c(C)c2)cc(C)c1Oc1ccc(N)cc1. The van der Waals surface area contributed by atoms with Crippen LogP contribution in [0.15, 0.2) is 72.8 Å². The maximum Gasteiger partial charge on any atom is 0.133 e. The van der Waals surface area contributed by atoms with Gasteiger partial charge in [0.1, 0.15) is 29.7 Å². The number of rotatable bonds is 7. The summed E-state index contributed by atoms with van der Waals surface area (Å²) in [6.07, 6.45) is 0. The van der Waals surface area contributed by atoms with Crippen LogP contribution < -0.4 is 20.9 Å².